The molecule has 0 aliphatic heterocycles. The first kappa shape index (κ1) is 13.2. The fourth-order valence-electron chi connectivity index (χ4n) is 3.31. The normalized spacial score (nSPS) is 24.8. The Morgan fingerprint density at radius 2 is 2.15 bits per heavy atom. The Kier molecular flexibility index (Phi) is 3.24. The second-order valence-electron chi connectivity index (χ2n) is 6.66. The molecule has 1 fully saturated rings. The quantitative estimate of drug-likeness (QED) is 0.928. The largest absolute Gasteiger partial charge is 0.381 e. The van der Waals surface area contributed by atoms with Gasteiger partial charge in [0.05, 0.1) is 11.9 Å². The van der Waals surface area contributed by atoms with Gasteiger partial charge in [-0.1, -0.05) is 20.8 Å². The van der Waals surface area contributed by atoms with E-state index in [1.165, 1.54) is 12.8 Å². The average molecular weight is 270 g/mol. The molecule has 1 aliphatic carbocycles. The standard InChI is InChI=1S/C16H22N4/c1-12-9-16(2,3)10-14(12)19-13-5-6-15(17-11-13)20-8-4-7-18-20/h4-8,11-12,14,19H,9-10H2,1-3H3. The summed E-state index contributed by atoms with van der Waals surface area (Å²) < 4.78 is 1.77. The summed E-state index contributed by atoms with van der Waals surface area (Å²) in [4.78, 5) is 4.46. The van der Waals surface area contributed by atoms with Crippen molar-refractivity contribution in [2.24, 2.45) is 11.3 Å². The number of nitrogens with one attached hydrogen (secondary N) is 1. The van der Waals surface area contributed by atoms with E-state index in [2.05, 4.69) is 42.2 Å². The zero-order valence-corrected chi connectivity index (χ0v) is 12.4. The van der Waals surface area contributed by atoms with Crippen LogP contribution in [-0.2, 0) is 0 Å². The zero-order valence-electron chi connectivity index (χ0n) is 12.4. The molecular formula is C16H22N4. The molecule has 2 aromatic heterocycles. The lowest BCUT2D eigenvalue weighted by Crippen LogP contribution is -2.22. The predicted molar refractivity (Wildman–Crippen MR) is 80.9 cm³/mol. The lowest BCUT2D eigenvalue weighted by Gasteiger charge is -2.19. The first-order valence-corrected chi connectivity index (χ1v) is 7.26. The predicted octanol–water partition coefficient (Wildman–Crippen LogP) is 3.50. The third-order valence-electron chi connectivity index (χ3n) is 4.17. The molecule has 2 unspecified atom stereocenters. The third-order valence-corrected chi connectivity index (χ3v) is 4.17. The maximum Gasteiger partial charge on any atom is 0.153 e. The van der Waals surface area contributed by atoms with Gasteiger partial charge in [0.25, 0.3) is 0 Å². The Bertz CT molecular complexity index is 557. The number of hydrogen-bond donors (Lipinski definition) is 1. The molecule has 1 aliphatic rings. The second kappa shape index (κ2) is 4.93. The van der Waals surface area contributed by atoms with E-state index in [1.54, 1.807) is 10.9 Å². The van der Waals surface area contributed by atoms with Crippen LogP contribution in [0, 0.1) is 11.3 Å². The minimum Gasteiger partial charge on any atom is -0.381 e. The van der Waals surface area contributed by atoms with Gasteiger partial charge in [-0.3, -0.25) is 0 Å². The lowest BCUT2D eigenvalue weighted by molar-refractivity contribution is 0.366. The average Bonchev–Trinajstić information content (AvgIpc) is 2.99. The molecule has 2 atom stereocenters. The van der Waals surface area contributed by atoms with E-state index < -0.39 is 0 Å². The van der Waals surface area contributed by atoms with Crippen LogP contribution in [0.25, 0.3) is 5.82 Å². The summed E-state index contributed by atoms with van der Waals surface area (Å²) in [5.41, 5.74) is 1.54. The Hall–Kier alpha value is -1.84. The summed E-state index contributed by atoms with van der Waals surface area (Å²) in [6.07, 6.45) is 8.06. The Morgan fingerprint density at radius 3 is 2.70 bits per heavy atom. The number of aromatic nitrogens is 3. The van der Waals surface area contributed by atoms with Crippen LogP contribution in [0.5, 0.6) is 0 Å². The fraction of sp³-hybridized carbons (Fsp3) is 0.500. The smallest absolute Gasteiger partial charge is 0.153 e. The molecule has 3 rings (SSSR count). The highest BCUT2D eigenvalue weighted by molar-refractivity contribution is 5.44. The van der Waals surface area contributed by atoms with Crippen LogP contribution in [0.4, 0.5) is 5.69 Å². The van der Waals surface area contributed by atoms with E-state index in [4.69, 9.17) is 0 Å². The minimum absolute atomic E-state index is 0.444. The van der Waals surface area contributed by atoms with E-state index in [0.29, 0.717) is 17.4 Å². The summed E-state index contributed by atoms with van der Waals surface area (Å²) >= 11 is 0. The van der Waals surface area contributed by atoms with E-state index >= 15 is 0 Å². The van der Waals surface area contributed by atoms with Crippen LogP contribution in [0.2, 0.25) is 0 Å². The molecule has 1 N–H and O–H groups in total. The van der Waals surface area contributed by atoms with Crippen LogP contribution < -0.4 is 5.32 Å². The molecule has 0 amide bonds. The molecule has 20 heavy (non-hydrogen) atoms. The lowest BCUT2D eigenvalue weighted by atomic mass is 9.91. The summed E-state index contributed by atoms with van der Waals surface area (Å²) in [7, 11) is 0. The van der Waals surface area contributed by atoms with Gasteiger partial charge in [-0.2, -0.15) is 5.10 Å². The van der Waals surface area contributed by atoms with Crippen LogP contribution in [0.15, 0.2) is 36.8 Å². The maximum absolute atomic E-state index is 4.46. The molecule has 0 radical (unpaired) electrons. The van der Waals surface area contributed by atoms with Crippen molar-refractivity contribution in [1.29, 1.82) is 0 Å². The number of rotatable bonds is 3. The van der Waals surface area contributed by atoms with E-state index in [0.717, 1.165) is 11.5 Å². The maximum atomic E-state index is 4.46. The molecule has 106 valence electrons. The number of anilines is 1. The summed E-state index contributed by atoms with van der Waals surface area (Å²) in [5.74, 6) is 1.55. The van der Waals surface area contributed by atoms with Crippen molar-refractivity contribution in [3.8, 4) is 5.82 Å². The molecule has 1 saturated carbocycles. The Morgan fingerprint density at radius 1 is 1.30 bits per heavy atom. The van der Waals surface area contributed by atoms with Crippen molar-refractivity contribution in [3.63, 3.8) is 0 Å². The van der Waals surface area contributed by atoms with Gasteiger partial charge in [-0.15, -0.1) is 0 Å². The van der Waals surface area contributed by atoms with Crippen molar-refractivity contribution in [2.75, 3.05) is 5.32 Å². The Balaban J connectivity index is 1.70. The highest BCUT2D eigenvalue weighted by atomic mass is 15.3. The molecule has 2 aromatic rings. The Labute approximate surface area is 120 Å². The highest BCUT2D eigenvalue weighted by Gasteiger charge is 2.36. The monoisotopic (exact) mass is 270 g/mol. The van der Waals surface area contributed by atoms with Crippen LogP contribution >= 0.6 is 0 Å². The van der Waals surface area contributed by atoms with Gasteiger partial charge in [-0.25, -0.2) is 9.67 Å². The number of pyridine rings is 1. The first-order chi connectivity index (χ1) is 9.53. The zero-order chi connectivity index (χ0) is 14.2. The van der Waals surface area contributed by atoms with Crippen LogP contribution in [0.3, 0.4) is 0 Å². The number of hydrogen-bond acceptors (Lipinski definition) is 3. The fourth-order valence-corrected chi connectivity index (χ4v) is 3.31. The van der Waals surface area contributed by atoms with Gasteiger partial charge in [0.15, 0.2) is 5.82 Å². The van der Waals surface area contributed by atoms with Crippen molar-refractivity contribution in [2.45, 2.75) is 39.7 Å². The second-order valence-corrected chi connectivity index (χ2v) is 6.66. The van der Waals surface area contributed by atoms with Crippen molar-refractivity contribution in [3.05, 3.63) is 36.8 Å². The van der Waals surface area contributed by atoms with E-state index in [9.17, 15) is 0 Å². The molecule has 4 nitrogen and oxygen atoms in total. The van der Waals surface area contributed by atoms with Crippen molar-refractivity contribution >= 4 is 5.69 Å². The summed E-state index contributed by atoms with van der Waals surface area (Å²) in [5, 5.41) is 7.81. The third kappa shape index (κ3) is 2.69. The summed E-state index contributed by atoms with van der Waals surface area (Å²) in [6.45, 7) is 7.03. The molecule has 0 saturated heterocycles. The van der Waals surface area contributed by atoms with Gasteiger partial charge in [0.1, 0.15) is 0 Å². The van der Waals surface area contributed by atoms with Gasteiger partial charge in [-0.05, 0) is 42.4 Å². The van der Waals surface area contributed by atoms with Gasteiger partial charge in [0.2, 0.25) is 0 Å². The van der Waals surface area contributed by atoms with Crippen LogP contribution in [0.1, 0.15) is 33.6 Å². The molecule has 2 heterocycles. The molecule has 0 bridgehead atoms. The SMILES string of the molecule is CC1CC(C)(C)CC1Nc1ccc(-n2cccn2)nc1. The summed E-state index contributed by atoms with van der Waals surface area (Å²) in [6, 6.07) is 6.53. The number of nitrogens with zero attached hydrogens (tertiary/aromatic N) is 3. The molecule has 4 heteroatoms. The van der Waals surface area contributed by atoms with Gasteiger partial charge < -0.3 is 5.32 Å². The van der Waals surface area contributed by atoms with Crippen LogP contribution in [-0.4, -0.2) is 20.8 Å². The molecule has 0 aromatic carbocycles. The van der Waals surface area contributed by atoms with Gasteiger partial charge >= 0.3 is 0 Å². The highest BCUT2D eigenvalue weighted by Crippen LogP contribution is 2.41. The van der Waals surface area contributed by atoms with E-state index in [-0.39, 0.29) is 0 Å². The van der Waals surface area contributed by atoms with Crippen molar-refractivity contribution in [1.82, 2.24) is 14.8 Å². The molecule has 0 spiro atoms. The van der Waals surface area contributed by atoms with Gasteiger partial charge in [0, 0.05) is 18.4 Å². The first-order valence-electron chi connectivity index (χ1n) is 7.26. The van der Waals surface area contributed by atoms with E-state index in [1.807, 2.05) is 24.5 Å². The van der Waals surface area contributed by atoms with Crippen molar-refractivity contribution < 1.29 is 0 Å². The topological polar surface area (TPSA) is 42.7 Å². The molecular weight excluding hydrogens is 248 g/mol. The minimum atomic E-state index is 0.444.